The monoisotopic (exact) mass is 269 g/mol. The number of alkyl halides is 1. The quantitative estimate of drug-likeness (QED) is 0.787. The van der Waals surface area contributed by atoms with Gasteiger partial charge in [-0.25, -0.2) is 0 Å². The minimum absolute atomic E-state index is 0.00497. The first-order chi connectivity index (χ1) is 8.20. The first kappa shape index (κ1) is 12.8. The number of nitrogens with zero attached hydrogens (tertiary/aromatic N) is 1. The molecule has 0 saturated carbocycles. The van der Waals surface area contributed by atoms with Gasteiger partial charge in [0.25, 0.3) is 0 Å². The number of rotatable bonds is 3. The smallest absolute Gasteiger partial charge is 0.245 e. The van der Waals surface area contributed by atoms with E-state index in [1.807, 2.05) is 54.0 Å². The number of benzene rings is 1. The molecule has 17 heavy (non-hydrogen) atoms. The third kappa shape index (κ3) is 2.96. The molecule has 2 atom stereocenters. The number of halogens is 1. The SMILES string of the molecule is CN(C(=O)C(Cl)c1ccccc1)C1CCSC1. The molecule has 0 N–H and O–H groups in total. The maximum atomic E-state index is 12.2. The number of carbonyl (C=O) groups is 1. The summed E-state index contributed by atoms with van der Waals surface area (Å²) < 4.78 is 0. The third-order valence-electron chi connectivity index (χ3n) is 3.11. The first-order valence-electron chi connectivity index (χ1n) is 5.73. The molecule has 2 nitrogen and oxygen atoms in total. The van der Waals surface area contributed by atoms with Crippen LogP contribution in [0.25, 0.3) is 0 Å². The Hall–Kier alpha value is -0.670. The van der Waals surface area contributed by atoms with Crippen molar-refractivity contribution in [2.75, 3.05) is 18.6 Å². The van der Waals surface area contributed by atoms with E-state index in [0.717, 1.165) is 23.5 Å². The van der Waals surface area contributed by atoms with E-state index in [9.17, 15) is 4.79 Å². The number of hydrogen-bond acceptors (Lipinski definition) is 2. The summed E-state index contributed by atoms with van der Waals surface area (Å²) in [4.78, 5) is 14.0. The van der Waals surface area contributed by atoms with Crippen LogP contribution in [0.15, 0.2) is 30.3 Å². The molecule has 1 aliphatic heterocycles. The van der Waals surface area contributed by atoms with Crippen molar-refractivity contribution in [1.82, 2.24) is 4.90 Å². The molecular formula is C13H16ClNOS. The van der Waals surface area contributed by atoms with E-state index in [1.54, 1.807) is 0 Å². The van der Waals surface area contributed by atoms with Gasteiger partial charge < -0.3 is 4.90 Å². The van der Waals surface area contributed by atoms with Gasteiger partial charge in [-0.05, 0) is 17.7 Å². The second-order valence-electron chi connectivity index (χ2n) is 4.24. The average Bonchev–Trinajstić information content (AvgIpc) is 2.91. The lowest BCUT2D eigenvalue weighted by Crippen LogP contribution is -2.38. The number of hydrogen-bond donors (Lipinski definition) is 0. The minimum atomic E-state index is -0.563. The molecule has 2 unspecified atom stereocenters. The summed E-state index contributed by atoms with van der Waals surface area (Å²) in [6.45, 7) is 0. The Balaban J connectivity index is 2.04. The minimum Gasteiger partial charge on any atom is -0.340 e. The lowest BCUT2D eigenvalue weighted by atomic mass is 10.1. The molecule has 1 aromatic carbocycles. The van der Waals surface area contributed by atoms with Crippen molar-refractivity contribution in [2.45, 2.75) is 17.8 Å². The highest BCUT2D eigenvalue weighted by Crippen LogP contribution is 2.27. The van der Waals surface area contributed by atoms with Gasteiger partial charge >= 0.3 is 0 Å². The van der Waals surface area contributed by atoms with Crippen LogP contribution in [0, 0.1) is 0 Å². The van der Waals surface area contributed by atoms with Crippen molar-refractivity contribution in [3.63, 3.8) is 0 Å². The molecule has 1 saturated heterocycles. The molecule has 0 aliphatic carbocycles. The molecular weight excluding hydrogens is 254 g/mol. The summed E-state index contributed by atoms with van der Waals surface area (Å²) in [5.74, 6) is 2.17. The molecule has 1 fully saturated rings. The van der Waals surface area contributed by atoms with Crippen LogP contribution in [0.4, 0.5) is 0 Å². The van der Waals surface area contributed by atoms with Gasteiger partial charge in [-0.2, -0.15) is 11.8 Å². The van der Waals surface area contributed by atoms with E-state index in [1.165, 1.54) is 0 Å². The van der Waals surface area contributed by atoms with Crippen LogP contribution in [0.3, 0.4) is 0 Å². The molecule has 0 radical (unpaired) electrons. The molecule has 1 amide bonds. The molecule has 0 bridgehead atoms. The molecule has 1 aliphatic rings. The van der Waals surface area contributed by atoms with Gasteiger partial charge in [-0.3, -0.25) is 4.79 Å². The second-order valence-corrected chi connectivity index (χ2v) is 5.83. The van der Waals surface area contributed by atoms with Crippen molar-refractivity contribution in [3.8, 4) is 0 Å². The number of carbonyl (C=O) groups excluding carboxylic acids is 1. The largest absolute Gasteiger partial charge is 0.340 e. The second kappa shape index (κ2) is 5.78. The van der Waals surface area contributed by atoms with E-state index >= 15 is 0 Å². The van der Waals surface area contributed by atoms with E-state index in [-0.39, 0.29) is 5.91 Å². The summed E-state index contributed by atoms with van der Waals surface area (Å²) in [6.07, 6.45) is 1.07. The number of likely N-dealkylation sites (N-methyl/N-ethyl adjacent to an activating group) is 1. The van der Waals surface area contributed by atoms with Crippen LogP contribution in [0.2, 0.25) is 0 Å². The molecule has 4 heteroatoms. The third-order valence-corrected chi connectivity index (χ3v) is 4.69. The van der Waals surface area contributed by atoms with Gasteiger partial charge in [0, 0.05) is 18.8 Å². The van der Waals surface area contributed by atoms with Crippen molar-refractivity contribution in [2.24, 2.45) is 0 Å². The fourth-order valence-corrected chi connectivity index (χ4v) is 3.52. The van der Waals surface area contributed by atoms with Crippen LogP contribution in [-0.2, 0) is 4.79 Å². The van der Waals surface area contributed by atoms with Crippen molar-refractivity contribution in [1.29, 1.82) is 0 Å². The molecule has 92 valence electrons. The fourth-order valence-electron chi connectivity index (χ4n) is 1.95. The van der Waals surface area contributed by atoms with E-state index in [4.69, 9.17) is 11.6 Å². The van der Waals surface area contributed by atoms with Gasteiger partial charge in [0.05, 0.1) is 0 Å². The zero-order chi connectivity index (χ0) is 12.3. The van der Waals surface area contributed by atoms with Crippen LogP contribution < -0.4 is 0 Å². The Morgan fingerprint density at radius 2 is 2.18 bits per heavy atom. The predicted octanol–water partition coefficient (Wildman–Crippen LogP) is 2.93. The van der Waals surface area contributed by atoms with Gasteiger partial charge in [0.2, 0.25) is 5.91 Å². The molecule has 1 aromatic rings. The Kier molecular flexibility index (Phi) is 4.35. The maximum Gasteiger partial charge on any atom is 0.245 e. The molecule has 1 heterocycles. The highest BCUT2D eigenvalue weighted by molar-refractivity contribution is 7.99. The van der Waals surface area contributed by atoms with Crippen LogP contribution >= 0.6 is 23.4 Å². The number of amides is 1. The molecule has 2 rings (SSSR count). The summed E-state index contributed by atoms with van der Waals surface area (Å²) in [5.41, 5.74) is 0.872. The van der Waals surface area contributed by atoms with Crippen LogP contribution in [-0.4, -0.2) is 35.4 Å². The van der Waals surface area contributed by atoms with Crippen molar-refractivity contribution in [3.05, 3.63) is 35.9 Å². The lowest BCUT2D eigenvalue weighted by molar-refractivity contribution is -0.131. The van der Waals surface area contributed by atoms with Crippen molar-refractivity contribution >= 4 is 29.3 Å². The fraction of sp³-hybridized carbons (Fsp3) is 0.462. The first-order valence-corrected chi connectivity index (χ1v) is 7.32. The highest BCUT2D eigenvalue weighted by atomic mass is 35.5. The van der Waals surface area contributed by atoms with Gasteiger partial charge in [0.1, 0.15) is 5.38 Å². The Bertz CT molecular complexity index is 378. The zero-order valence-corrected chi connectivity index (χ0v) is 11.4. The molecule has 0 spiro atoms. The molecule has 0 aromatic heterocycles. The topological polar surface area (TPSA) is 20.3 Å². The lowest BCUT2D eigenvalue weighted by Gasteiger charge is -2.26. The standard InChI is InChI=1S/C13H16ClNOS/c1-15(11-7-8-17-9-11)13(16)12(14)10-5-3-2-4-6-10/h2-6,11-12H,7-9H2,1H3. The summed E-state index contributed by atoms with van der Waals surface area (Å²) >= 11 is 8.13. The average molecular weight is 270 g/mol. The number of thioether (sulfide) groups is 1. The van der Waals surface area contributed by atoms with E-state index in [0.29, 0.717) is 6.04 Å². The van der Waals surface area contributed by atoms with Gasteiger partial charge in [0.15, 0.2) is 0 Å². The van der Waals surface area contributed by atoms with Crippen LogP contribution in [0.5, 0.6) is 0 Å². The Labute approximate surface area is 111 Å². The normalized spacial score (nSPS) is 21.2. The van der Waals surface area contributed by atoms with Gasteiger partial charge in [-0.15, -0.1) is 11.6 Å². The summed E-state index contributed by atoms with van der Waals surface area (Å²) in [7, 11) is 1.86. The van der Waals surface area contributed by atoms with E-state index in [2.05, 4.69) is 0 Å². The summed E-state index contributed by atoms with van der Waals surface area (Å²) in [6, 6.07) is 9.87. The van der Waals surface area contributed by atoms with Crippen LogP contribution in [0.1, 0.15) is 17.4 Å². The summed E-state index contributed by atoms with van der Waals surface area (Å²) in [5, 5.41) is -0.563. The van der Waals surface area contributed by atoms with Crippen molar-refractivity contribution < 1.29 is 4.79 Å². The van der Waals surface area contributed by atoms with E-state index < -0.39 is 5.38 Å². The van der Waals surface area contributed by atoms with Gasteiger partial charge in [-0.1, -0.05) is 30.3 Å². The zero-order valence-electron chi connectivity index (χ0n) is 9.80. The predicted molar refractivity (Wildman–Crippen MR) is 73.5 cm³/mol. The Morgan fingerprint density at radius 3 is 2.76 bits per heavy atom. The highest BCUT2D eigenvalue weighted by Gasteiger charge is 2.28. The maximum absolute atomic E-state index is 12.2. The Morgan fingerprint density at radius 1 is 1.47 bits per heavy atom.